The van der Waals surface area contributed by atoms with E-state index in [1.807, 2.05) is 0 Å². The summed E-state index contributed by atoms with van der Waals surface area (Å²) in [6.45, 7) is 0. The Labute approximate surface area is 113 Å². The van der Waals surface area contributed by atoms with Gasteiger partial charge in [-0.05, 0) is 0 Å². The van der Waals surface area contributed by atoms with Gasteiger partial charge in [-0.2, -0.15) is 0 Å². The molecule has 0 aromatic carbocycles. The molecule has 0 unspecified atom stereocenters. The molecule has 0 aliphatic carbocycles. The van der Waals surface area contributed by atoms with Crippen molar-refractivity contribution in [2.75, 3.05) is 0 Å². The van der Waals surface area contributed by atoms with Crippen LogP contribution in [-0.2, 0) is 0 Å². The zero-order chi connectivity index (χ0) is 4.50. The smallest absolute Gasteiger partial charge is 0 e. The van der Waals surface area contributed by atoms with Crippen LogP contribution in [0.3, 0.4) is 0 Å². The van der Waals surface area contributed by atoms with Gasteiger partial charge >= 0.3 is 46.8 Å². The zero-order valence-corrected chi connectivity index (χ0v) is 6.09. The number of hydrogen-bond acceptors (Lipinski definition) is 4. The monoisotopic (exact) mass is 291 g/mol. The summed E-state index contributed by atoms with van der Waals surface area (Å²) in [5.74, 6) is 0. The van der Waals surface area contributed by atoms with Crippen LogP contribution in [0, 0.1) is 49.4 Å². The van der Waals surface area contributed by atoms with Crippen LogP contribution in [0.15, 0.2) is 0 Å². The molecule has 0 heterocycles. The van der Waals surface area contributed by atoms with Crippen molar-refractivity contribution in [1.29, 1.82) is 0 Å². The topological polar surface area (TPSA) is 80.9 Å². The van der Waals surface area contributed by atoms with Crippen molar-refractivity contribution in [2.45, 2.75) is 0 Å². The summed E-state index contributed by atoms with van der Waals surface area (Å²) < 4.78 is 0. The molecule has 0 saturated heterocycles. The van der Waals surface area contributed by atoms with Gasteiger partial charge in [0.15, 0.2) is 0 Å². The Morgan fingerprint density at radius 1 is 0.857 bits per heavy atom. The van der Waals surface area contributed by atoms with Gasteiger partial charge in [0.2, 0.25) is 0 Å². The molecular weight excluding hydrogens is 284 g/mol. The van der Waals surface area contributed by atoms with Crippen molar-refractivity contribution in [3.05, 3.63) is 0 Å². The fourth-order valence-electron chi connectivity index (χ4n) is 0. The van der Waals surface area contributed by atoms with Crippen LogP contribution < -0.4 is 0 Å². The summed E-state index contributed by atoms with van der Waals surface area (Å²) in [5.41, 5.74) is 0. The maximum Gasteiger partial charge on any atom is 0 e. The molecule has 7 heteroatoms. The molecule has 0 bridgehead atoms. The first-order valence-electron chi connectivity index (χ1n) is 0.894. The molecule has 0 aliphatic rings. The Kier molecular flexibility index (Phi) is 16.5. The molecule has 0 aromatic heterocycles. The van der Waals surface area contributed by atoms with Crippen molar-refractivity contribution in [3.63, 3.8) is 0 Å². The predicted octanol–water partition coefficient (Wildman–Crippen LogP) is -3.52. The molecule has 0 atom stereocenters. The van der Waals surface area contributed by atoms with Gasteiger partial charge in [-0.15, -0.1) is 0 Å². The molecule has 0 fully saturated rings. The van der Waals surface area contributed by atoms with Crippen molar-refractivity contribution in [2.24, 2.45) is 0 Å². The van der Waals surface area contributed by atoms with E-state index in [-0.39, 0.29) is 87.1 Å². The van der Waals surface area contributed by atoms with Gasteiger partial charge in [-0.3, -0.25) is 0 Å². The van der Waals surface area contributed by atoms with E-state index in [0.29, 0.717) is 0 Å². The Bertz CT molecular complexity index is 27.2. The van der Waals surface area contributed by atoms with Gasteiger partial charge < -0.3 is 19.2 Å². The second-order valence-electron chi connectivity index (χ2n) is 0.600. The minimum Gasteiger partial charge on any atom is 0 e. The summed E-state index contributed by atoms with van der Waals surface area (Å²) in [6, 6.07) is 0. The molecule has 0 saturated carbocycles. The van der Waals surface area contributed by atoms with Crippen molar-refractivity contribution >= 4 is 46.8 Å². The molecule has 7 heavy (non-hydrogen) atoms. The first-order chi connectivity index (χ1) is 2.00. The van der Waals surface area contributed by atoms with E-state index in [1.54, 1.807) is 0 Å². The fourth-order valence-corrected chi connectivity index (χ4v) is 0. The predicted molar refractivity (Wildman–Crippen MR) is 23.2 cm³/mol. The van der Waals surface area contributed by atoms with Crippen molar-refractivity contribution in [1.82, 2.24) is 0 Å². The standard InChI is InChI=1S/Ca.Eu.H4O4Si.2H/c;;1-5(2,3)4;;/h;;1-4H;;. The van der Waals surface area contributed by atoms with Gasteiger partial charge in [-0.1, -0.05) is 0 Å². The van der Waals surface area contributed by atoms with E-state index in [9.17, 15) is 0 Å². The molecule has 1 radical (unpaired) electrons. The normalized spacial score (nSPS) is 8.57. The van der Waals surface area contributed by atoms with Gasteiger partial charge in [0.1, 0.15) is 0 Å². The van der Waals surface area contributed by atoms with E-state index >= 15 is 0 Å². The average molecular weight is 290 g/mol. The Hall–Kier alpha value is 2.90. The third-order valence-corrected chi connectivity index (χ3v) is 0. The summed E-state index contributed by atoms with van der Waals surface area (Å²) in [4.78, 5) is 29.3. The van der Waals surface area contributed by atoms with Crippen LogP contribution in [0.5, 0.6) is 0 Å². The summed E-state index contributed by atoms with van der Waals surface area (Å²) in [5, 5.41) is 0. The molecule has 43 valence electrons. The van der Waals surface area contributed by atoms with E-state index in [1.165, 1.54) is 0 Å². The first-order valence-corrected chi connectivity index (χ1v) is 2.68. The summed E-state index contributed by atoms with van der Waals surface area (Å²) >= 11 is 0. The van der Waals surface area contributed by atoms with Crippen molar-refractivity contribution < 1.29 is 68.6 Å². The minimum absolute atomic E-state index is 0. The fraction of sp³-hybridized carbons (Fsp3) is 0. The van der Waals surface area contributed by atoms with E-state index in [0.717, 1.165) is 0 Å². The number of rotatable bonds is 0. The van der Waals surface area contributed by atoms with Crippen LogP contribution in [0.1, 0.15) is 0 Å². The third kappa shape index (κ3) is 50.4. The van der Waals surface area contributed by atoms with Crippen LogP contribution in [0.4, 0.5) is 0 Å². The Morgan fingerprint density at radius 3 is 0.857 bits per heavy atom. The van der Waals surface area contributed by atoms with E-state index in [2.05, 4.69) is 0 Å². The molecule has 0 rings (SSSR count). The average Bonchev–Trinajstić information content (AvgIpc) is 0.722. The maximum atomic E-state index is 7.33. The van der Waals surface area contributed by atoms with Gasteiger partial charge in [0.05, 0.1) is 0 Å². The molecule has 0 aliphatic heterocycles. The zero-order valence-electron chi connectivity index (χ0n) is 2.67. The minimum atomic E-state index is -4.61. The van der Waals surface area contributed by atoms with E-state index < -0.39 is 9.05 Å². The Morgan fingerprint density at radius 2 is 0.857 bits per heavy atom. The second-order valence-corrected chi connectivity index (χ2v) is 1.80. The molecule has 4 nitrogen and oxygen atoms in total. The quantitative estimate of drug-likeness (QED) is 0.349. The van der Waals surface area contributed by atoms with Gasteiger partial charge in [0.25, 0.3) is 0 Å². The van der Waals surface area contributed by atoms with Crippen molar-refractivity contribution in [3.8, 4) is 0 Å². The number of hydrogen-bond donors (Lipinski definition) is 4. The molecule has 0 amide bonds. The molecule has 0 spiro atoms. The van der Waals surface area contributed by atoms with E-state index in [4.69, 9.17) is 19.2 Å². The van der Waals surface area contributed by atoms with Crippen LogP contribution in [0.25, 0.3) is 0 Å². The van der Waals surface area contributed by atoms with Gasteiger partial charge in [-0.25, -0.2) is 0 Å². The summed E-state index contributed by atoms with van der Waals surface area (Å²) in [7, 11) is -4.61. The Balaban J connectivity index is -0.0000000800. The maximum absolute atomic E-state index is 7.33. The SMILES string of the molecule is O[Si](O)(O)O.[CaH2].[Eu]. The van der Waals surface area contributed by atoms with Crippen LogP contribution in [-0.4, -0.2) is 66.0 Å². The molecule has 0 aromatic rings. The molecular formula is H6CaEuO4Si. The third-order valence-electron chi connectivity index (χ3n) is 0. The van der Waals surface area contributed by atoms with Crippen LogP contribution in [0.2, 0.25) is 0 Å². The summed E-state index contributed by atoms with van der Waals surface area (Å²) in [6.07, 6.45) is 0. The van der Waals surface area contributed by atoms with Crippen LogP contribution >= 0.6 is 0 Å². The molecule has 4 N–H and O–H groups in total. The largest absolute Gasteiger partial charge is 0 e. The first kappa shape index (κ1) is 16.5. The van der Waals surface area contributed by atoms with Gasteiger partial charge in [0, 0.05) is 49.4 Å². The second kappa shape index (κ2) is 7.01.